The van der Waals surface area contributed by atoms with Crippen molar-refractivity contribution in [1.82, 2.24) is 4.90 Å². The van der Waals surface area contributed by atoms with Crippen molar-refractivity contribution in [3.8, 4) is 0 Å². The Balaban J connectivity index is 1.61. The van der Waals surface area contributed by atoms with Gasteiger partial charge in [-0.2, -0.15) is 0 Å². The molecule has 2 saturated carbocycles. The lowest BCUT2D eigenvalue weighted by atomic mass is 9.79. The topological polar surface area (TPSA) is 55.8 Å². The highest BCUT2D eigenvalue weighted by Crippen LogP contribution is 2.60. The van der Waals surface area contributed by atoms with Crippen molar-refractivity contribution in [2.45, 2.75) is 17.4 Å². The van der Waals surface area contributed by atoms with Crippen molar-refractivity contribution in [2.75, 3.05) is 26.3 Å². The second-order valence-electron chi connectivity index (χ2n) is 5.90. The van der Waals surface area contributed by atoms with Crippen LogP contribution in [0, 0.1) is 23.7 Å². The van der Waals surface area contributed by atoms with Crippen molar-refractivity contribution in [2.24, 2.45) is 23.7 Å². The first-order valence-electron chi connectivity index (χ1n) is 6.89. The van der Waals surface area contributed by atoms with Gasteiger partial charge in [-0.15, -0.1) is 0 Å². The number of alkyl halides is 1. The summed E-state index contributed by atoms with van der Waals surface area (Å²) in [4.78, 5) is 26.7. The summed E-state index contributed by atoms with van der Waals surface area (Å²) in [6.45, 7) is 2.49. The van der Waals surface area contributed by atoms with Crippen LogP contribution in [0.25, 0.3) is 0 Å². The van der Waals surface area contributed by atoms with E-state index in [1.54, 1.807) is 0 Å². The lowest BCUT2D eigenvalue weighted by molar-refractivity contribution is -0.149. The monoisotopic (exact) mass is 329 g/mol. The molecule has 6 atom stereocenters. The summed E-state index contributed by atoms with van der Waals surface area (Å²) in [5.41, 5.74) is 0. The number of hydrogen-bond donors (Lipinski definition) is 0. The van der Waals surface area contributed by atoms with Crippen molar-refractivity contribution in [1.29, 1.82) is 0 Å². The molecule has 0 aromatic carbocycles. The quantitative estimate of drug-likeness (QED) is 0.516. The Hall–Kier alpha value is -0.620. The van der Waals surface area contributed by atoms with E-state index in [4.69, 9.17) is 9.47 Å². The van der Waals surface area contributed by atoms with E-state index in [1.807, 2.05) is 4.90 Å². The minimum Gasteiger partial charge on any atom is -0.461 e. The van der Waals surface area contributed by atoms with Crippen LogP contribution < -0.4 is 0 Å². The van der Waals surface area contributed by atoms with E-state index >= 15 is 0 Å². The van der Waals surface area contributed by atoms with Crippen LogP contribution in [-0.2, 0) is 19.1 Å². The van der Waals surface area contributed by atoms with Gasteiger partial charge in [-0.1, -0.05) is 15.9 Å². The molecule has 0 N–H and O–H groups in total. The van der Waals surface area contributed by atoms with Crippen LogP contribution in [0.15, 0.2) is 0 Å². The molecule has 5 nitrogen and oxygen atoms in total. The fourth-order valence-corrected chi connectivity index (χ4v) is 5.35. The first kappa shape index (κ1) is 12.1. The van der Waals surface area contributed by atoms with Crippen molar-refractivity contribution >= 4 is 27.8 Å². The van der Waals surface area contributed by atoms with E-state index < -0.39 is 0 Å². The number of ether oxygens (including phenoxy) is 2. The molecule has 4 fully saturated rings. The Morgan fingerprint density at radius 1 is 1.26 bits per heavy atom. The van der Waals surface area contributed by atoms with Gasteiger partial charge in [0.05, 0.1) is 29.9 Å². The molecule has 4 aliphatic rings. The molecule has 2 aliphatic carbocycles. The lowest BCUT2D eigenvalue weighted by Crippen LogP contribution is -2.49. The van der Waals surface area contributed by atoms with Crippen molar-refractivity contribution < 1.29 is 19.1 Å². The maximum absolute atomic E-state index is 12.7. The number of carbonyl (C=O) groups is 2. The van der Waals surface area contributed by atoms with E-state index in [1.165, 1.54) is 0 Å². The average Bonchev–Trinajstić information content (AvgIpc) is 3.03. The standard InChI is InChI=1S/C13H16BrNO4/c14-10-6-5-7-9(13(17)19-11(7)10)8(6)12(16)15-1-3-18-4-2-15/h6-11H,1-5H2/t6-,7-,8+,9+,10+,11-/m0/s1. The van der Waals surface area contributed by atoms with E-state index in [9.17, 15) is 9.59 Å². The van der Waals surface area contributed by atoms with Gasteiger partial charge in [-0.05, 0) is 12.3 Å². The Labute approximate surface area is 119 Å². The number of amides is 1. The molecule has 0 unspecified atom stereocenters. The average molecular weight is 330 g/mol. The normalized spacial score (nSPS) is 47.6. The molecule has 104 valence electrons. The number of carbonyl (C=O) groups excluding carboxylic acids is 2. The third-order valence-corrected chi connectivity index (χ3v) is 6.33. The molecule has 2 bridgehead atoms. The van der Waals surface area contributed by atoms with E-state index in [2.05, 4.69) is 15.9 Å². The van der Waals surface area contributed by atoms with Gasteiger partial charge >= 0.3 is 5.97 Å². The van der Waals surface area contributed by atoms with Crippen molar-refractivity contribution in [3.63, 3.8) is 0 Å². The third kappa shape index (κ3) is 1.56. The zero-order chi connectivity index (χ0) is 13.1. The van der Waals surface area contributed by atoms with Crippen LogP contribution in [0.3, 0.4) is 0 Å². The van der Waals surface area contributed by atoms with Crippen LogP contribution in [0.2, 0.25) is 0 Å². The highest BCUT2D eigenvalue weighted by Gasteiger charge is 2.68. The van der Waals surface area contributed by atoms with Gasteiger partial charge in [0.1, 0.15) is 6.10 Å². The fourth-order valence-electron chi connectivity index (χ4n) is 4.30. The summed E-state index contributed by atoms with van der Waals surface area (Å²) >= 11 is 3.64. The second kappa shape index (κ2) is 4.19. The van der Waals surface area contributed by atoms with Crippen LogP contribution in [0.4, 0.5) is 0 Å². The van der Waals surface area contributed by atoms with E-state index in [0.29, 0.717) is 26.3 Å². The summed E-state index contributed by atoms with van der Waals surface area (Å²) in [5.74, 6) is 0.0881. The van der Waals surface area contributed by atoms with Gasteiger partial charge in [0.25, 0.3) is 0 Å². The minimum atomic E-state index is -0.195. The minimum absolute atomic E-state index is 0.00348. The molecule has 2 saturated heterocycles. The highest BCUT2D eigenvalue weighted by molar-refractivity contribution is 9.09. The van der Waals surface area contributed by atoms with Crippen LogP contribution >= 0.6 is 15.9 Å². The molecule has 4 rings (SSSR count). The highest BCUT2D eigenvalue weighted by atomic mass is 79.9. The molecule has 0 aromatic rings. The number of halogens is 1. The Morgan fingerprint density at radius 2 is 2.00 bits per heavy atom. The Bertz CT molecular complexity index is 436. The van der Waals surface area contributed by atoms with E-state index in [-0.39, 0.29) is 46.5 Å². The van der Waals surface area contributed by atoms with Gasteiger partial charge in [-0.25, -0.2) is 0 Å². The first-order chi connectivity index (χ1) is 9.18. The number of morpholine rings is 1. The largest absolute Gasteiger partial charge is 0.461 e. The lowest BCUT2D eigenvalue weighted by Gasteiger charge is -2.34. The molecule has 1 amide bonds. The summed E-state index contributed by atoms with van der Waals surface area (Å²) < 4.78 is 10.7. The van der Waals surface area contributed by atoms with E-state index in [0.717, 1.165) is 6.42 Å². The molecule has 2 aliphatic heterocycles. The molecule has 0 spiro atoms. The van der Waals surface area contributed by atoms with Gasteiger partial charge in [0.2, 0.25) is 5.91 Å². The maximum Gasteiger partial charge on any atom is 0.310 e. The van der Waals surface area contributed by atoms with Crippen molar-refractivity contribution in [3.05, 3.63) is 0 Å². The zero-order valence-electron chi connectivity index (χ0n) is 10.5. The number of rotatable bonds is 1. The summed E-state index contributed by atoms with van der Waals surface area (Å²) in [5, 5.41) is 0. The summed E-state index contributed by atoms with van der Waals surface area (Å²) in [7, 11) is 0. The van der Waals surface area contributed by atoms with Gasteiger partial charge in [0.15, 0.2) is 0 Å². The van der Waals surface area contributed by atoms with Gasteiger partial charge in [0, 0.05) is 19.0 Å². The van der Waals surface area contributed by atoms with Crippen LogP contribution in [0.5, 0.6) is 0 Å². The summed E-state index contributed by atoms with van der Waals surface area (Å²) in [6.07, 6.45) is 0.939. The number of esters is 1. The number of nitrogens with zero attached hydrogens (tertiary/aromatic N) is 1. The van der Waals surface area contributed by atoms with Gasteiger partial charge in [-0.3, -0.25) is 9.59 Å². The SMILES string of the molecule is O=C1O[C@@H]2[C@H](Br)[C@H]3C[C@H]2[C@@H]1[C@@H]3C(=O)N1CCOCC1. The Kier molecular flexibility index (Phi) is 2.68. The predicted molar refractivity (Wildman–Crippen MR) is 68.6 cm³/mol. The predicted octanol–water partition coefficient (Wildman–Crippen LogP) is 0.416. The molecule has 19 heavy (non-hydrogen) atoms. The molecular weight excluding hydrogens is 314 g/mol. The smallest absolute Gasteiger partial charge is 0.310 e. The molecule has 0 radical (unpaired) electrons. The molecule has 2 heterocycles. The first-order valence-corrected chi connectivity index (χ1v) is 7.81. The Morgan fingerprint density at radius 3 is 2.74 bits per heavy atom. The number of fused-ring (bicyclic) bond motifs is 1. The molecule has 6 heteroatoms. The maximum atomic E-state index is 12.7. The van der Waals surface area contributed by atoms with Crippen LogP contribution in [-0.4, -0.2) is 54.0 Å². The van der Waals surface area contributed by atoms with Gasteiger partial charge < -0.3 is 14.4 Å². The second-order valence-corrected chi connectivity index (χ2v) is 6.96. The molecule has 0 aromatic heterocycles. The fraction of sp³-hybridized carbons (Fsp3) is 0.846. The summed E-state index contributed by atoms with van der Waals surface area (Å²) in [6, 6.07) is 0. The zero-order valence-corrected chi connectivity index (χ0v) is 12.0. The third-order valence-electron chi connectivity index (χ3n) is 5.13. The van der Waals surface area contributed by atoms with Crippen LogP contribution in [0.1, 0.15) is 6.42 Å². The number of hydrogen-bond acceptors (Lipinski definition) is 4. The molecular formula is C13H16BrNO4.